The lowest BCUT2D eigenvalue weighted by molar-refractivity contribution is -0.137. The molecule has 2 unspecified atom stereocenters. The minimum absolute atomic E-state index is 0.197. The van der Waals surface area contributed by atoms with Gasteiger partial charge in [-0.3, -0.25) is 14.5 Å². The Balaban J connectivity index is 1.60. The highest BCUT2D eigenvalue weighted by Crippen LogP contribution is 2.36. The maximum atomic E-state index is 13.1. The van der Waals surface area contributed by atoms with E-state index >= 15 is 0 Å². The number of aryl methyl sites for hydroxylation is 1. The van der Waals surface area contributed by atoms with E-state index in [2.05, 4.69) is 10.3 Å². The summed E-state index contributed by atoms with van der Waals surface area (Å²) >= 11 is 0. The normalized spacial score (nSPS) is 19.8. The lowest BCUT2D eigenvalue weighted by Crippen LogP contribution is -2.40. The molecule has 3 aromatic rings. The number of nitrogens with one attached hydrogen (secondary N) is 2. The summed E-state index contributed by atoms with van der Waals surface area (Å²) < 4.78 is 13.1. The van der Waals surface area contributed by atoms with Gasteiger partial charge in [0.25, 0.3) is 0 Å². The number of nitrogens with zero attached hydrogens (tertiary/aromatic N) is 1. The molecule has 5 nitrogen and oxygen atoms in total. The molecule has 144 valence electrons. The van der Waals surface area contributed by atoms with Crippen LogP contribution in [0.25, 0.3) is 10.9 Å². The van der Waals surface area contributed by atoms with Crippen LogP contribution in [-0.2, 0) is 16.0 Å². The number of H-pyrrole nitrogens is 1. The van der Waals surface area contributed by atoms with E-state index in [1.807, 2.05) is 31.2 Å². The van der Waals surface area contributed by atoms with Crippen LogP contribution in [0.5, 0.6) is 0 Å². The summed E-state index contributed by atoms with van der Waals surface area (Å²) in [5, 5.41) is 4.23. The number of carbonyl (C=O) groups is 2. The van der Waals surface area contributed by atoms with Crippen LogP contribution in [0.3, 0.4) is 0 Å². The second-order valence-electron chi connectivity index (χ2n) is 7.23. The van der Waals surface area contributed by atoms with Crippen LogP contribution in [0.4, 0.5) is 4.39 Å². The third-order valence-corrected chi connectivity index (χ3v) is 5.47. The van der Waals surface area contributed by atoms with Crippen molar-refractivity contribution in [3.8, 4) is 0 Å². The summed E-state index contributed by atoms with van der Waals surface area (Å²) in [6, 6.07) is 13.5. The van der Waals surface area contributed by atoms with Crippen LogP contribution >= 0.6 is 0 Å². The zero-order valence-corrected chi connectivity index (χ0v) is 15.8. The largest absolute Gasteiger partial charge is 0.358 e. The van der Waals surface area contributed by atoms with Gasteiger partial charge in [0, 0.05) is 23.6 Å². The Morgan fingerprint density at radius 3 is 2.54 bits per heavy atom. The minimum Gasteiger partial charge on any atom is -0.358 e. The summed E-state index contributed by atoms with van der Waals surface area (Å²) in [5.74, 6) is -1.26. The molecule has 1 fully saturated rings. The predicted octanol–water partition coefficient (Wildman–Crippen LogP) is 2.90. The van der Waals surface area contributed by atoms with Crippen molar-refractivity contribution < 1.29 is 14.0 Å². The number of halogens is 1. The monoisotopic (exact) mass is 379 g/mol. The molecule has 2 amide bonds. The number of fused-ring (bicyclic) bond motifs is 1. The molecule has 2 N–H and O–H groups in total. The fraction of sp³-hybridized carbons (Fsp3) is 0.273. The third kappa shape index (κ3) is 3.10. The fourth-order valence-corrected chi connectivity index (χ4v) is 4.03. The first-order chi connectivity index (χ1) is 13.5. The van der Waals surface area contributed by atoms with Gasteiger partial charge >= 0.3 is 0 Å². The lowest BCUT2D eigenvalue weighted by atomic mass is 9.91. The first-order valence-electron chi connectivity index (χ1n) is 9.34. The average Bonchev–Trinajstić information content (AvgIpc) is 3.12. The number of amides is 2. The van der Waals surface area contributed by atoms with Crippen molar-refractivity contribution in [3.05, 3.63) is 71.2 Å². The molecule has 4 rings (SSSR count). The zero-order chi connectivity index (χ0) is 19.8. The number of hydrogen-bond acceptors (Lipinski definition) is 3. The number of para-hydroxylation sites is 1. The van der Waals surface area contributed by atoms with Crippen LogP contribution in [-0.4, -0.2) is 41.3 Å². The molecule has 0 spiro atoms. The van der Waals surface area contributed by atoms with Crippen molar-refractivity contribution >= 4 is 22.7 Å². The lowest BCUT2D eigenvalue weighted by Gasteiger charge is -2.18. The summed E-state index contributed by atoms with van der Waals surface area (Å²) in [6.45, 7) is 2.45. The van der Waals surface area contributed by atoms with Gasteiger partial charge in [0.2, 0.25) is 11.8 Å². The fourth-order valence-electron chi connectivity index (χ4n) is 4.03. The second-order valence-corrected chi connectivity index (χ2v) is 7.23. The van der Waals surface area contributed by atoms with Crippen LogP contribution in [0.1, 0.15) is 22.7 Å². The summed E-state index contributed by atoms with van der Waals surface area (Å²) in [4.78, 5) is 30.2. The van der Waals surface area contributed by atoms with E-state index in [-0.39, 0.29) is 17.6 Å². The second kappa shape index (κ2) is 7.20. The highest BCUT2D eigenvalue weighted by molar-refractivity contribution is 6.11. The van der Waals surface area contributed by atoms with Gasteiger partial charge in [-0.1, -0.05) is 30.3 Å². The van der Waals surface area contributed by atoms with E-state index in [9.17, 15) is 14.0 Å². The molecule has 1 aliphatic rings. The van der Waals surface area contributed by atoms with Gasteiger partial charge in [-0.05, 0) is 49.2 Å². The molecule has 0 saturated carbocycles. The quantitative estimate of drug-likeness (QED) is 0.670. The number of likely N-dealkylation sites (tertiary alicyclic amines) is 1. The number of hydrogen-bond donors (Lipinski definition) is 2. The zero-order valence-electron chi connectivity index (χ0n) is 15.8. The molecule has 1 aliphatic heterocycles. The van der Waals surface area contributed by atoms with Crippen LogP contribution < -0.4 is 5.32 Å². The molecule has 0 bridgehead atoms. The Morgan fingerprint density at radius 2 is 1.79 bits per heavy atom. The van der Waals surface area contributed by atoms with Crippen molar-refractivity contribution in [1.29, 1.82) is 0 Å². The smallest absolute Gasteiger partial charge is 0.247 e. The highest BCUT2D eigenvalue weighted by atomic mass is 19.1. The maximum absolute atomic E-state index is 13.1. The van der Waals surface area contributed by atoms with Gasteiger partial charge in [-0.2, -0.15) is 0 Å². The van der Waals surface area contributed by atoms with E-state index in [0.29, 0.717) is 13.0 Å². The molecular formula is C22H22FN3O2. The van der Waals surface area contributed by atoms with Crippen molar-refractivity contribution in [2.75, 3.05) is 13.6 Å². The first-order valence-corrected chi connectivity index (χ1v) is 9.34. The van der Waals surface area contributed by atoms with E-state index in [0.717, 1.165) is 27.7 Å². The molecule has 1 aromatic heterocycles. The van der Waals surface area contributed by atoms with Crippen molar-refractivity contribution in [1.82, 2.24) is 15.2 Å². The molecular weight excluding hydrogens is 357 g/mol. The number of aromatic amines is 1. The molecule has 6 heteroatoms. The molecule has 0 aliphatic carbocycles. The molecule has 1 saturated heterocycles. The number of rotatable bonds is 5. The number of benzene rings is 2. The van der Waals surface area contributed by atoms with Gasteiger partial charge in [-0.25, -0.2) is 4.39 Å². The van der Waals surface area contributed by atoms with Gasteiger partial charge in [-0.15, -0.1) is 0 Å². The standard InChI is InChI=1S/C22H22FN3O2/c1-13-18(16-5-3-4-6-17(16)25-13)19-20(22(28)26(2)21(19)27)24-12-11-14-7-9-15(23)10-8-14/h3-10,19-20,24-25H,11-12H2,1-2H3. The molecule has 28 heavy (non-hydrogen) atoms. The van der Waals surface area contributed by atoms with Crippen LogP contribution in [0.2, 0.25) is 0 Å². The molecule has 0 radical (unpaired) electrons. The number of imide groups is 1. The van der Waals surface area contributed by atoms with Crippen LogP contribution in [0, 0.1) is 12.7 Å². The van der Waals surface area contributed by atoms with E-state index in [4.69, 9.17) is 0 Å². The topological polar surface area (TPSA) is 65.2 Å². The SMILES string of the molecule is Cc1[nH]c2ccccc2c1C1C(=O)N(C)C(=O)C1NCCc1ccc(F)cc1. The summed E-state index contributed by atoms with van der Waals surface area (Å²) in [7, 11) is 1.53. The van der Waals surface area contributed by atoms with E-state index in [1.54, 1.807) is 12.1 Å². The minimum atomic E-state index is -0.615. The van der Waals surface area contributed by atoms with Gasteiger partial charge < -0.3 is 10.3 Å². The van der Waals surface area contributed by atoms with Crippen molar-refractivity contribution in [3.63, 3.8) is 0 Å². The summed E-state index contributed by atoms with van der Waals surface area (Å²) in [6.07, 6.45) is 0.640. The van der Waals surface area contributed by atoms with Gasteiger partial charge in [0.15, 0.2) is 0 Å². The van der Waals surface area contributed by atoms with Crippen LogP contribution in [0.15, 0.2) is 48.5 Å². The molecule has 2 atom stereocenters. The Labute approximate surface area is 162 Å². The summed E-state index contributed by atoms with van der Waals surface area (Å²) in [5.41, 5.74) is 3.69. The van der Waals surface area contributed by atoms with E-state index < -0.39 is 12.0 Å². The van der Waals surface area contributed by atoms with Gasteiger partial charge in [0.05, 0.1) is 5.92 Å². The first kappa shape index (κ1) is 18.4. The Bertz CT molecular complexity index is 1040. The number of likely N-dealkylation sites (N-methyl/N-ethyl adjacent to an activating group) is 1. The number of aromatic nitrogens is 1. The Kier molecular flexibility index (Phi) is 4.73. The predicted molar refractivity (Wildman–Crippen MR) is 105 cm³/mol. The van der Waals surface area contributed by atoms with E-state index in [1.165, 1.54) is 24.1 Å². The Morgan fingerprint density at radius 1 is 1.07 bits per heavy atom. The molecule has 2 aromatic carbocycles. The Hall–Kier alpha value is -2.99. The highest BCUT2D eigenvalue weighted by Gasteiger charge is 2.47. The molecule has 2 heterocycles. The number of carbonyl (C=O) groups excluding carboxylic acids is 2. The van der Waals surface area contributed by atoms with Gasteiger partial charge in [0.1, 0.15) is 11.9 Å². The third-order valence-electron chi connectivity index (χ3n) is 5.47. The maximum Gasteiger partial charge on any atom is 0.247 e. The van der Waals surface area contributed by atoms with Crippen molar-refractivity contribution in [2.24, 2.45) is 0 Å². The average molecular weight is 379 g/mol. The van der Waals surface area contributed by atoms with Crippen molar-refractivity contribution in [2.45, 2.75) is 25.3 Å².